The van der Waals surface area contributed by atoms with Crippen molar-refractivity contribution >= 4 is 49.7 Å². The third-order valence-electron chi connectivity index (χ3n) is 19.4. The highest BCUT2D eigenvalue weighted by molar-refractivity contribution is 6.27. The Labute approximate surface area is 444 Å². The summed E-state index contributed by atoms with van der Waals surface area (Å²) in [7, 11) is 0. The second-order valence-electron chi connectivity index (χ2n) is 22.5. The second-order valence-corrected chi connectivity index (χ2v) is 22.5. The molecule has 0 bridgehead atoms. The van der Waals surface area contributed by atoms with E-state index in [4.69, 9.17) is 6.58 Å². The van der Waals surface area contributed by atoms with Crippen LogP contribution in [-0.4, -0.2) is 16.0 Å². The fraction of sp³-hybridized carbons (Fsp3) is 0.0811. The van der Waals surface area contributed by atoms with Crippen molar-refractivity contribution in [2.24, 2.45) is 0 Å². The largest absolute Gasteiger partial charge is 0.308 e. The zero-order valence-electron chi connectivity index (χ0n) is 41.8. The fourth-order valence-electron chi connectivity index (χ4n) is 16.5. The summed E-state index contributed by atoms with van der Waals surface area (Å²) in [5, 5.41) is 4.44. The lowest BCUT2D eigenvalue weighted by Gasteiger charge is -2.64. The first-order valence-electron chi connectivity index (χ1n) is 27.1. The number of hydrogen-bond acceptors (Lipinski definition) is 2. The van der Waals surface area contributed by atoms with Crippen molar-refractivity contribution in [2.45, 2.75) is 34.5 Å². The van der Waals surface area contributed by atoms with Crippen LogP contribution in [0, 0.1) is 0 Å². The molecule has 0 saturated heterocycles. The van der Waals surface area contributed by atoms with E-state index in [0.717, 1.165) is 122 Å². The van der Waals surface area contributed by atoms with Gasteiger partial charge in [0.1, 0.15) is 0 Å². The van der Waals surface area contributed by atoms with Crippen molar-refractivity contribution in [3.05, 3.63) is 304 Å². The van der Waals surface area contributed by atoms with Crippen LogP contribution in [0.3, 0.4) is 0 Å². The maximum absolute atomic E-state index is 15.6. The topological polar surface area (TPSA) is 38.5 Å². The summed E-state index contributed by atoms with van der Waals surface area (Å²) in [5.41, 5.74) is 23.2. The summed E-state index contributed by atoms with van der Waals surface area (Å²) in [5.74, 6) is -0.339. The Balaban J connectivity index is 0.978. The molecule has 0 amide bonds. The molecule has 3 nitrogen and oxygen atoms in total. The first-order valence-corrected chi connectivity index (χ1v) is 27.1. The summed E-state index contributed by atoms with van der Waals surface area (Å²) in [4.78, 5) is 31.2. The molecule has 2 spiro atoms. The first-order chi connectivity index (χ1) is 38.0. The number of benzene rings is 10. The van der Waals surface area contributed by atoms with Crippen molar-refractivity contribution < 1.29 is 9.59 Å². The van der Waals surface area contributed by atoms with Gasteiger partial charge in [-0.1, -0.05) is 195 Å². The fourth-order valence-corrected chi connectivity index (χ4v) is 16.5. The number of carbonyl (C=O) groups excluding carboxylic acids is 2. The minimum atomic E-state index is -0.583. The van der Waals surface area contributed by atoms with Crippen LogP contribution in [0.5, 0.6) is 0 Å². The third-order valence-corrected chi connectivity index (χ3v) is 19.4. The predicted molar refractivity (Wildman–Crippen MR) is 311 cm³/mol. The Morgan fingerprint density at radius 2 is 0.844 bits per heavy atom. The van der Waals surface area contributed by atoms with Crippen LogP contribution in [0.1, 0.15) is 88.9 Å². The van der Waals surface area contributed by atoms with Crippen LogP contribution in [0.4, 0.5) is 0 Å². The number of Topliss-reactive ketones (excluding diaryl/α,β-unsaturated/α-hetero) is 2. The zero-order valence-corrected chi connectivity index (χ0v) is 41.8. The number of nitrogens with zero attached hydrogens (tertiary/aromatic N) is 1. The van der Waals surface area contributed by atoms with Gasteiger partial charge in [0.15, 0.2) is 11.6 Å². The molecule has 0 N–H and O–H groups in total. The molecule has 6 aliphatic carbocycles. The minimum Gasteiger partial charge on any atom is -0.308 e. The number of hydrogen-bond donors (Lipinski definition) is 0. The van der Waals surface area contributed by atoms with Crippen LogP contribution in [0.2, 0.25) is 0 Å². The summed E-state index contributed by atoms with van der Waals surface area (Å²) in [6.07, 6.45) is 8.66. The molecule has 358 valence electrons. The number of fused-ring (bicyclic) bond motifs is 16. The van der Waals surface area contributed by atoms with Gasteiger partial charge in [-0.2, -0.15) is 0 Å². The van der Waals surface area contributed by atoms with Gasteiger partial charge in [0.2, 0.25) is 0 Å². The predicted octanol–water partition coefficient (Wildman–Crippen LogP) is 17.2. The number of allylic oxidation sites excluding steroid dienone is 5. The smallest absolute Gasteiger partial charge is 0.171 e. The average molecular weight is 980 g/mol. The molecule has 0 saturated carbocycles. The van der Waals surface area contributed by atoms with Gasteiger partial charge in [-0.3, -0.25) is 9.59 Å². The molecule has 6 unspecified atom stereocenters. The molecule has 0 fully saturated rings. The average Bonchev–Trinajstić information content (AvgIpc) is 3.94. The minimum absolute atomic E-state index is 0.0407. The van der Waals surface area contributed by atoms with Gasteiger partial charge in [0.25, 0.3) is 0 Å². The van der Waals surface area contributed by atoms with E-state index in [1.54, 1.807) is 0 Å². The first kappa shape index (κ1) is 41.9. The van der Waals surface area contributed by atoms with Crippen LogP contribution in [0.15, 0.2) is 249 Å². The SMILES string of the molecule is C=C1C=CC=CC2c3cc4c5cc(-c6c(-c7ccccc7)cc(-c7ccccc7)cc6-c6ccccc6)cc6c7cc8c(cc7n(c4cc3C(=O)C3c4ccccc4C123)c56)C(=O)C1c2ccccc2C12c1ccccc1C82. The number of rotatable bonds is 4. The summed E-state index contributed by atoms with van der Waals surface area (Å²) in [6.45, 7) is 4.72. The van der Waals surface area contributed by atoms with E-state index in [9.17, 15) is 0 Å². The van der Waals surface area contributed by atoms with Crippen LogP contribution in [0.25, 0.3) is 82.6 Å². The lowest BCUT2D eigenvalue weighted by molar-refractivity contribution is 0.0845. The normalized spacial score (nSPS) is 22.6. The Morgan fingerprint density at radius 3 is 1.42 bits per heavy atom. The Bertz CT molecular complexity index is 4710. The molecule has 2 aromatic heterocycles. The molecular formula is C74H45NO2. The molecule has 18 rings (SSSR count). The van der Waals surface area contributed by atoms with Gasteiger partial charge < -0.3 is 4.40 Å². The molecule has 12 aromatic rings. The van der Waals surface area contributed by atoms with Gasteiger partial charge in [-0.05, 0) is 143 Å². The quantitative estimate of drug-likeness (QED) is 0.176. The molecule has 10 aromatic carbocycles. The molecule has 0 radical (unpaired) electrons. The van der Waals surface area contributed by atoms with Gasteiger partial charge in [0.05, 0.1) is 28.4 Å². The Kier molecular flexibility index (Phi) is 7.87. The highest BCUT2D eigenvalue weighted by atomic mass is 16.1. The summed E-state index contributed by atoms with van der Waals surface area (Å²) >= 11 is 0. The molecule has 3 heteroatoms. The molecule has 77 heavy (non-hydrogen) atoms. The Morgan fingerprint density at radius 1 is 0.377 bits per heavy atom. The maximum atomic E-state index is 15.6. The van der Waals surface area contributed by atoms with Gasteiger partial charge in [0, 0.05) is 55.3 Å². The molecule has 6 aliphatic rings. The monoisotopic (exact) mass is 979 g/mol. The summed E-state index contributed by atoms with van der Waals surface area (Å²) in [6, 6.07) is 77.2. The van der Waals surface area contributed by atoms with E-state index in [1.165, 1.54) is 22.3 Å². The standard InChI is InChI=1S/C74H45NO2/c1-41-19-11-15-32-63-52-37-53-56-35-46(66-50(43-22-7-3-8-23-43)33-45(42-20-5-2-6-21-42)34-51(66)44-24-9-4-10-25-44)36-57-54-38-55-59(72(77)69-49-28-14-18-31-62(49)74(69)61-30-17-12-26-47(61)67(55)74)40-65(54)75(70(56)57)64(53)39-58(52)71(76)68-48-27-13-16-29-60(48)73(41,63)68/h2-40,63,67-69H,1H2. The van der Waals surface area contributed by atoms with Crippen LogP contribution < -0.4 is 0 Å². The van der Waals surface area contributed by atoms with E-state index in [0.29, 0.717) is 0 Å². The van der Waals surface area contributed by atoms with Gasteiger partial charge >= 0.3 is 0 Å². The van der Waals surface area contributed by atoms with Gasteiger partial charge in [-0.25, -0.2) is 0 Å². The number of ketones is 2. The van der Waals surface area contributed by atoms with Crippen LogP contribution in [-0.2, 0) is 10.8 Å². The van der Waals surface area contributed by atoms with E-state index in [2.05, 4.69) is 241 Å². The van der Waals surface area contributed by atoms with Gasteiger partial charge in [-0.15, -0.1) is 0 Å². The molecule has 0 aliphatic heterocycles. The number of carbonyl (C=O) groups is 2. The van der Waals surface area contributed by atoms with E-state index >= 15 is 9.59 Å². The second kappa shape index (κ2) is 14.5. The highest BCUT2D eigenvalue weighted by Gasteiger charge is 2.69. The van der Waals surface area contributed by atoms with Crippen molar-refractivity contribution in [1.82, 2.24) is 4.40 Å². The summed E-state index contributed by atoms with van der Waals surface area (Å²) < 4.78 is 2.40. The molecular weight excluding hydrogens is 935 g/mol. The lowest BCUT2D eigenvalue weighted by atomic mass is 9.36. The zero-order chi connectivity index (χ0) is 50.6. The highest BCUT2D eigenvalue weighted by Crippen LogP contribution is 2.74. The third kappa shape index (κ3) is 4.87. The van der Waals surface area contributed by atoms with E-state index in [-0.39, 0.29) is 40.7 Å². The van der Waals surface area contributed by atoms with Crippen molar-refractivity contribution in [3.8, 4) is 44.5 Å². The Hall–Kier alpha value is -9.44. The maximum Gasteiger partial charge on any atom is 0.171 e. The van der Waals surface area contributed by atoms with Crippen molar-refractivity contribution in [3.63, 3.8) is 0 Å². The van der Waals surface area contributed by atoms with Crippen molar-refractivity contribution in [2.75, 3.05) is 0 Å². The van der Waals surface area contributed by atoms with E-state index in [1.807, 2.05) is 0 Å². The van der Waals surface area contributed by atoms with Crippen molar-refractivity contribution in [1.29, 1.82) is 0 Å². The number of aromatic nitrogens is 1. The lowest BCUT2D eigenvalue weighted by Crippen LogP contribution is -2.61. The molecule has 2 heterocycles. The molecule has 6 atom stereocenters. The van der Waals surface area contributed by atoms with E-state index < -0.39 is 5.41 Å². The van der Waals surface area contributed by atoms with Crippen LogP contribution >= 0.6 is 0 Å².